The van der Waals surface area contributed by atoms with E-state index in [-0.39, 0.29) is 17.9 Å². The average Bonchev–Trinajstić information content (AvgIpc) is 3.47. The van der Waals surface area contributed by atoms with Gasteiger partial charge < -0.3 is 20.9 Å². The number of piperidine rings is 1. The van der Waals surface area contributed by atoms with Crippen molar-refractivity contribution in [3.63, 3.8) is 0 Å². The standard InChI is InChI=1S/C29H25F6N5O3/c1-13-16(22-18(30)4-5-19(31)23(22)32)8-20(26(42)40(13)12-29(33,34)35)38-25(41)15-7-14-9-28(10-21(14)37-11-15)17-3-2-6-36-24(17)39-27(28)43/h2-5,7,11,13,16,20,36H,6,8-10,12H2,1H3,(H,38,41)(H,39,43)/t13-,16-,20+,28+/m1/s1. The number of carbonyl (C=O) groups is 3. The van der Waals surface area contributed by atoms with Gasteiger partial charge in [-0.25, -0.2) is 13.2 Å². The van der Waals surface area contributed by atoms with Gasteiger partial charge in [0.15, 0.2) is 11.6 Å². The molecule has 0 saturated carbocycles. The van der Waals surface area contributed by atoms with Crippen LogP contribution in [0.1, 0.15) is 46.4 Å². The minimum absolute atomic E-state index is 0.0193. The SMILES string of the molecule is C[C@@H]1[C@H](c2c(F)ccc(F)c2F)C[C@H](NC(=O)c2cnc3c(c2)C[C@@]2(C3)C(=O)NC3=C2C=CCN3)C(=O)N1CC(F)(F)F. The van der Waals surface area contributed by atoms with Crippen molar-refractivity contribution in [2.75, 3.05) is 13.1 Å². The summed E-state index contributed by atoms with van der Waals surface area (Å²) in [5, 5.41) is 8.36. The maximum Gasteiger partial charge on any atom is 0.406 e. The smallest absolute Gasteiger partial charge is 0.368 e. The van der Waals surface area contributed by atoms with E-state index in [4.69, 9.17) is 0 Å². The summed E-state index contributed by atoms with van der Waals surface area (Å²) in [5.74, 6) is -7.11. The predicted octanol–water partition coefficient (Wildman–Crippen LogP) is 3.15. The summed E-state index contributed by atoms with van der Waals surface area (Å²) >= 11 is 0. The molecule has 4 heterocycles. The molecule has 1 fully saturated rings. The molecule has 14 heteroatoms. The Morgan fingerprint density at radius 1 is 1.16 bits per heavy atom. The van der Waals surface area contributed by atoms with Crippen LogP contribution in [0, 0.1) is 22.9 Å². The first kappa shape index (κ1) is 28.7. The van der Waals surface area contributed by atoms with Crippen LogP contribution in [0.5, 0.6) is 0 Å². The third-order valence-electron chi connectivity index (χ3n) is 8.67. The fourth-order valence-corrected chi connectivity index (χ4v) is 6.57. The molecule has 1 aliphatic carbocycles. The lowest BCUT2D eigenvalue weighted by Gasteiger charge is -2.43. The summed E-state index contributed by atoms with van der Waals surface area (Å²) < 4.78 is 83.8. The van der Waals surface area contributed by atoms with E-state index in [2.05, 4.69) is 20.9 Å². The number of hydrogen-bond acceptors (Lipinski definition) is 5. The maximum absolute atomic E-state index is 14.7. The molecule has 1 spiro atoms. The van der Waals surface area contributed by atoms with Crippen molar-refractivity contribution in [1.82, 2.24) is 25.8 Å². The minimum atomic E-state index is -4.86. The molecule has 43 heavy (non-hydrogen) atoms. The van der Waals surface area contributed by atoms with E-state index in [0.717, 1.165) is 5.57 Å². The van der Waals surface area contributed by atoms with Gasteiger partial charge >= 0.3 is 6.18 Å². The number of likely N-dealkylation sites (tertiary alicyclic amines) is 1. The van der Waals surface area contributed by atoms with E-state index < -0.39 is 77.4 Å². The molecule has 1 saturated heterocycles. The first-order chi connectivity index (χ1) is 20.3. The summed E-state index contributed by atoms with van der Waals surface area (Å²) in [6.45, 7) is 0.0106. The molecule has 4 aliphatic rings. The molecule has 1 aromatic heterocycles. The van der Waals surface area contributed by atoms with E-state index in [1.54, 1.807) is 0 Å². The van der Waals surface area contributed by atoms with E-state index in [1.165, 1.54) is 19.2 Å². The average molecular weight is 606 g/mol. The first-order valence-electron chi connectivity index (χ1n) is 13.5. The van der Waals surface area contributed by atoms with Gasteiger partial charge in [-0.05, 0) is 43.5 Å². The Morgan fingerprint density at radius 2 is 1.91 bits per heavy atom. The number of nitrogens with zero attached hydrogens (tertiary/aromatic N) is 2. The molecule has 0 radical (unpaired) electrons. The Kier molecular flexibility index (Phi) is 6.77. The van der Waals surface area contributed by atoms with Crippen LogP contribution < -0.4 is 16.0 Å². The van der Waals surface area contributed by atoms with Crippen LogP contribution in [0.4, 0.5) is 26.3 Å². The molecule has 3 N–H and O–H groups in total. The lowest BCUT2D eigenvalue weighted by atomic mass is 9.78. The Hall–Kier alpha value is -4.36. The van der Waals surface area contributed by atoms with Gasteiger partial charge in [0.25, 0.3) is 5.91 Å². The van der Waals surface area contributed by atoms with Crippen LogP contribution >= 0.6 is 0 Å². The summed E-state index contributed by atoms with van der Waals surface area (Å²) in [6, 6.07) is -0.261. The van der Waals surface area contributed by atoms with Crippen molar-refractivity contribution in [1.29, 1.82) is 0 Å². The number of pyridine rings is 1. The van der Waals surface area contributed by atoms with Gasteiger partial charge in [0.05, 0.1) is 11.0 Å². The summed E-state index contributed by atoms with van der Waals surface area (Å²) in [6.07, 6.45) is 0.184. The molecule has 6 rings (SSSR count). The first-order valence-corrected chi connectivity index (χ1v) is 13.5. The van der Waals surface area contributed by atoms with Gasteiger partial charge in [-0.2, -0.15) is 13.2 Å². The second-order valence-corrected chi connectivity index (χ2v) is 11.2. The molecule has 226 valence electrons. The number of fused-ring (bicyclic) bond motifs is 2. The Bertz CT molecular complexity index is 1620. The summed E-state index contributed by atoms with van der Waals surface area (Å²) in [4.78, 5) is 44.2. The molecular formula is C29H25F6N5O3. The topological polar surface area (TPSA) is 103 Å². The van der Waals surface area contributed by atoms with Crippen molar-refractivity contribution in [2.24, 2.45) is 5.41 Å². The highest BCUT2D eigenvalue weighted by atomic mass is 19.4. The van der Waals surface area contributed by atoms with Gasteiger partial charge in [-0.1, -0.05) is 12.2 Å². The second-order valence-electron chi connectivity index (χ2n) is 11.2. The van der Waals surface area contributed by atoms with Crippen molar-refractivity contribution in [2.45, 2.75) is 50.4 Å². The number of allylic oxidation sites excluding steroid dienone is 1. The highest BCUT2D eigenvalue weighted by molar-refractivity contribution is 5.98. The van der Waals surface area contributed by atoms with Crippen molar-refractivity contribution < 1.29 is 40.7 Å². The van der Waals surface area contributed by atoms with Gasteiger partial charge in [0, 0.05) is 48.0 Å². The van der Waals surface area contributed by atoms with Gasteiger partial charge in [0.1, 0.15) is 24.2 Å². The Morgan fingerprint density at radius 3 is 2.65 bits per heavy atom. The zero-order chi connectivity index (χ0) is 30.8. The van der Waals surface area contributed by atoms with Gasteiger partial charge in [-0.3, -0.25) is 19.4 Å². The van der Waals surface area contributed by atoms with Crippen LogP contribution in [0.2, 0.25) is 0 Å². The molecule has 0 bridgehead atoms. The van der Waals surface area contributed by atoms with Crippen LogP contribution in [0.25, 0.3) is 0 Å². The van der Waals surface area contributed by atoms with Crippen molar-refractivity contribution in [3.8, 4) is 0 Å². The number of nitrogens with one attached hydrogen (secondary N) is 3. The van der Waals surface area contributed by atoms with Crippen molar-refractivity contribution in [3.05, 3.63) is 87.8 Å². The van der Waals surface area contributed by atoms with E-state index >= 15 is 0 Å². The Labute approximate surface area is 241 Å². The number of benzene rings is 1. The fourth-order valence-electron chi connectivity index (χ4n) is 6.57. The number of carbonyl (C=O) groups excluding carboxylic acids is 3. The zero-order valence-corrected chi connectivity index (χ0v) is 22.6. The van der Waals surface area contributed by atoms with Crippen molar-refractivity contribution >= 4 is 17.7 Å². The number of alkyl halides is 3. The maximum atomic E-state index is 14.7. The quantitative estimate of drug-likeness (QED) is 0.367. The number of dihydropyridines is 1. The number of halogens is 6. The van der Waals surface area contributed by atoms with Crippen LogP contribution in [0.3, 0.4) is 0 Å². The van der Waals surface area contributed by atoms with E-state index in [1.807, 2.05) is 12.2 Å². The number of amides is 3. The number of aromatic nitrogens is 1. The Balaban J connectivity index is 1.27. The number of rotatable bonds is 4. The third-order valence-corrected chi connectivity index (χ3v) is 8.67. The molecular weight excluding hydrogens is 580 g/mol. The molecule has 4 atom stereocenters. The molecule has 1 aromatic carbocycles. The zero-order valence-electron chi connectivity index (χ0n) is 22.6. The van der Waals surface area contributed by atoms with Gasteiger partial charge in [-0.15, -0.1) is 0 Å². The molecule has 3 aliphatic heterocycles. The normalized spacial score (nSPS) is 26.4. The van der Waals surface area contributed by atoms with Crippen LogP contribution in [-0.4, -0.2) is 59.0 Å². The molecule has 0 unspecified atom stereocenters. The highest BCUT2D eigenvalue weighted by Crippen LogP contribution is 2.47. The lowest BCUT2D eigenvalue weighted by Crippen LogP contribution is -2.60. The van der Waals surface area contributed by atoms with E-state index in [9.17, 15) is 40.7 Å². The lowest BCUT2D eigenvalue weighted by molar-refractivity contribution is -0.170. The van der Waals surface area contributed by atoms with Crippen LogP contribution in [-0.2, 0) is 22.4 Å². The summed E-state index contributed by atoms with van der Waals surface area (Å²) in [7, 11) is 0. The largest absolute Gasteiger partial charge is 0.406 e. The second kappa shape index (κ2) is 10.1. The minimum Gasteiger partial charge on any atom is -0.368 e. The van der Waals surface area contributed by atoms with Gasteiger partial charge in [0.2, 0.25) is 11.8 Å². The van der Waals surface area contributed by atoms with E-state index in [0.29, 0.717) is 47.1 Å². The summed E-state index contributed by atoms with van der Waals surface area (Å²) in [5.41, 5.74) is 0.251. The predicted molar refractivity (Wildman–Crippen MR) is 139 cm³/mol. The third kappa shape index (κ3) is 4.82. The highest BCUT2D eigenvalue weighted by Gasteiger charge is 2.52. The molecule has 3 amide bonds. The van der Waals surface area contributed by atoms with Crippen LogP contribution in [0.15, 0.2) is 47.9 Å². The fraction of sp³-hybridized carbons (Fsp3) is 0.379. The molecule has 8 nitrogen and oxygen atoms in total. The number of hydrogen-bond donors (Lipinski definition) is 3. The monoisotopic (exact) mass is 605 g/mol. The molecule has 2 aromatic rings.